The van der Waals surface area contributed by atoms with Crippen molar-refractivity contribution in [2.45, 2.75) is 29.9 Å². The standard InChI is InChI=1S/C32H29N3O4S2/c1-20-27(21-11-4-2-5-12-21)34-32(40-20)35-30(37)28(22-13-6-3-7-14-22)41-24-16-10-15-23(19-24)33-29(36)25-17-8-9-18-26(25)31(38)39/h2-16,19,25-26,28H,17-18H2,1H3,(H,33,36)(H,38,39)(H,34,35,37). The number of nitrogens with zero attached hydrogens (tertiary/aromatic N) is 1. The number of amides is 2. The first-order valence-electron chi connectivity index (χ1n) is 13.2. The summed E-state index contributed by atoms with van der Waals surface area (Å²) in [6.07, 6.45) is 4.38. The zero-order valence-corrected chi connectivity index (χ0v) is 24.0. The summed E-state index contributed by atoms with van der Waals surface area (Å²) in [6, 6.07) is 26.6. The highest BCUT2D eigenvalue weighted by molar-refractivity contribution is 8.00. The summed E-state index contributed by atoms with van der Waals surface area (Å²) in [5.74, 6) is -2.89. The molecule has 7 nitrogen and oxygen atoms in total. The second-order valence-electron chi connectivity index (χ2n) is 9.70. The van der Waals surface area contributed by atoms with Gasteiger partial charge in [-0.05, 0) is 43.5 Å². The Morgan fingerprint density at radius 2 is 1.59 bits per heavy atom. The summed E-state index contributed by atoms with van der Waals surface area (Å²) in [6.45, 7) is 1.99. The van der Waals surface area contributed by atoms with Crippen LogP contribution in [-0.4, -0.2) is 27.9 Å². The van der Waals surface area contributed by atoms with Crippen LogP contribution in [0.4, 0.5) is 10.8 Å². The molecule has 3 aromatic carbocycles. The van der Waals surface area contributed by atoms with Crippen LogP contribution in [-0.2, 0) is 14.4 Å². The molecular formula is C32H29N3O4S2. The van der Waals surface area contributed by atoms with Crippen molar-refractivity contribution in [1.29, 1.82) is 0 Å². The van der Waals surface area contributed by atoms with Crippen molar-refractivity contribution < 1.29 is 19.5 Å². The Labute approximate surface area is 246 Å². The van der Waals surface area contributed by atoms with Crippen LogP contribution >= 0.6 is 23.1 Å². The summed E-state index contributed by atoms with van der Waals surface area (Å²) in [5.41, 5.74) is 3.22. The monoisotopic (exact) mass is 583 g/mol. The van der Waals surface area contributed by atoms with Crippen LogP contribution in [0.1, 0.15) is 28.5 Å². The van der Waals surface area contributed by atoms with Gasteiger partial charge in [-0.2, -0.15) is 0 Å². The van der Waals surface area contributed by atoms with Crippen LogP contribution in [0, 0.1) is 18.8 Å². The molecule has 208 valence electrons. The Bertz CT molecular complexity index is 1570. The number of carboxylic acids is 1. The van der Waals surface area contributed by atoms with Crippen molar-refractivity contribution in [3.05, 3.63) is 108 Å². The smallest absolute Gasteiger partial charge is 0.307 e. The van der Waals surface area contributed by atoms with E-state index in [4.69, 9.17) is 4.98 Å². The summed E-state index contributed by atoms with van der Waals surface area (Å²) in [7, 11) is 0. The fraction of sp³-hybridized carbons (Fsp3) is 0.188. The topological polar surface area (TPSA) is 108 Å². The molecule has 5 rings (SSSR count). The van der Waals surface area contributed by atoms with E-state index in [2.05, 4.69) is 10.6 Å². The Morgan fingerprint density at radius 1 is 0.902 bits per heavy atom. The van der Waals surface area contributed by atoms with Gasteiger partial charge in [0.1, 0.15) is 5.25 Å². The Balaban J connectivity index is 1.34. The SMILES string of the molecule is Cc1sc(NC(=O)C(Sc2cccc(NC(=O)C3CC=CCC3C(=O)O)c2)c2ccccc2)nc1-c1ccccc1. The van der Waals surface area contributed by atoms with Crippen molar-refractivity contribution in [2.75, 3.05) is 10.6 Å². The molecule has 9 heteroatoms. The second-order valence-corrected chi connectivity index (χ2v) is 12.1. The molecule has 0 radical (unpaired) electrons. The predicted molar refractivity (Wildman–Crippen MR) is 164 cm³/mol. The van der Waals surface area contributed by atoms with Crippen LogP contribution in [0.25, 0.3) is 11.3 Å². The number of benzene rings is 3. The zero-order valence-electron chi connectivity index (χ0n) is 22.3. The molecule has 0 bridgehead atoms. The number of carbonyl (C=O) groups is 3. The molecule has 2 amide bonds. The molecule has 1 aliphatic rings. The van der Waals surface area contributed by atoms with Gasteiger partial charge in [-0.1, -0.05) is 78.9 Å². The molecule has 0 aliphatic heterocycles. The van der Waals surface area contributed by atoms with E-state index < -0.39 is 23.1 Å². The molecule has 4 aromatic rings. The van der Waals surface area contributed by atoms with Crippen molar-refractivity contribution in [3.63, 3.8) is 0 Å². The first-order chi connectivity index (χ1) is 19.9. The molecule has 0 spiro atoms. The second kappa shape index (κ2) is 13.0. The number of aromatic nitrogens is 1. The van der Waals surface area contributed by atoms with Gasteiger partial charge >= 0.3 is 5.97 Å². The van der Waals surface area contributed by atoms with Crippen LogP contribution in [0.15, 0.2) is 102 Å². The van der Waals surface area contributed by atoms with Crippen LogP contribution in [0.2, 0.25) is 0 Å². The van der Waals surface area contributed by atoms with E-state index in [1.807, 2.05) is 91.9 Å². The predicted octanol–water partition coefficient (Wildman–Crippen LogP) is 7.20. The largest absolute Gasteiger partial charge is 0.481 e. The molecule has 41 heavy (non-hydrogen) atoms. The molecule has 1 aliphatic carbocycles. The number of allylic oxidation sites excluding steroid dienone is 2. The number of thioether (sulfide) groups is 1. The highest BCUT2D eigenvalue weighted by atomic mass is 32.2. The van der Waals surface area contributed by atoms with E-state index in [-0.39, 0.29) is 11.8 Å². The van der Waals surface area contributed by atoms with Gasteiger partial charge in [0.05, 0.1) is 17.5 Å². The van der Waals surface area contributed by atoms with E-state index in [0.717, 1.165) is 26.6 Å². The van der Waals surface area contributed by atoms with Crippen LogP contribution in [0.3, 0.4) is 0 Å². The highest BCUT2D eigenvalue weighted by Gasteiger charge is 2.34. The van der Waals surface area contributed by atoms with Gasteiger partial charge in [0, 0.05) is 21.0 Å². The van der Waals surface area contributed by atoms with Gasteiger partial charge in [0.2, 0.25) is 11.8 Å². The molecule has 0 fully saturated rings. The minimum Gasteiger partial charge on any atom is -0.481 e. The van der Waals surface area contributed by atoms with Crippen molar-refractivity contribution >= 4 is 51.7 Å². The third-order valence-electron chi connectivity index (χ3n) is 6.86. The first-order valence-corrected chi connectivity index (χ1v) is 14.9. The number of aryl methyl sites for hydroxylation is 1. The van der Waals surface area contributed by atoms with Gasteiger partial charge in [-0.3, -0.25) is 14.4 Å². The van der Waals surface area contributed by atoms with Crippen LogP contribution in [0.5, 0.6) is 0 Å². The first kappa shape index (κ1) is 28.3. The summed E-state index contributed by atoms with van der Waals surface area (Å²) in [4.78, 5) is 44.8. The van der Waals surface area contributed by atoms with E-state index in [1.165, 1.54) is 23.1 Å². The number of nitrogens with one attached hydrogen (secondary N) is 2. The number of thiazole rings is 1. The van der Waals surface area contributed by atoms with Crippen molar-refractivity contribution in [2.24, 2.45) is 11.8 Å². The number of anilines is 2. The quantitative estimate of drug-likeness (QED) is 0.142. The molecule has 3 atom stereocenters. The third kappa shape index (κ3) is 6.93. The van der Waals surface area contributed by atoms with Gasteiger partial charge in [-0.25, -0.2) is 4.98 Å². The van der Waals surface area contributed by atoms with Gasteiger partial charge in [0.25, 0.3) is 0 Å². The van der Waals surface area contributed by atoms with Crippen molar-refractivity contribution in [1.82, 2.24) is 4.98 Å². The normalized spacial score (nSPS) is 17.0. The maximum Gasteiger partial charge on any atom is 0.307 e. The number of carboxylic acid groups (broad SMARTS) is 1. The Morgan fingerprint density at radius 3 is 2.29 bits per heavy atom. The van der Waals surface area contributed by atoms with Gasteiger partial charge in [-0.15, -0.1) is 23.1 Å². The highest BCUT2D eigenvalue weighted by Crippen LogP contribution is 2.38. The number of hydrogen-bond acceptors (Lipinski definition) is 6. The lowest BCUT2D eigenvalue weighted by molar-refractivity contribution is -0.146. The summed E-state index contributed by atoms with van der Waals surface area (Å²) < 4.78 is 0. The van der Waals surface area contributed by atoms with E-state index >= 15 is 0 Å². The molecule has 3 unspecified atom stereocenters. The van der Waals surface area contributed by atoms with Crippen LogP contribution < -0.4 is 10.6 Å². The minimum atomic E-state index is -0.971. The summed E-state index contributed by atoms with van der Waals surface area (Å²) in [5, 5.41) is 15.4. The molecular weight excluding hydrogens is 555 g/mol. The lowest BCUT2D eigenvalue weighted by atomic mass is 9.82. The average molecular weight is 584 g/mol. The maximum absolute atomic E-state index is 13.6. The lowest BCUT2D eigenvalue weighted by Crippen LogP contribution is -2.34. The number of carbonyl (C=O) groups excluding carboxylic acids is 2. The van der Waals surface area contributed by atoms with E-state index in [0.29, 0.717) is 23.7 Å². The minimum absolute atomic E-state index is 0.206. The number of aliphatic carboxylic acids is 1. The Kier molecular flexibility index (Phi) is 8.96. The zero-order chi connectivity index (χ0) is 28.8. The lowest BCUT2D eigenvalue weighted by Gasteiger charge is -2.24. The fourth-order valence-electron chi connectivity index (χ4n) is 4.78. The molecule has 1 aromatic heterocycles. The van der Waals surface area contributed by atoms with Gasteiger partial charge < -0.3 is 15.7 Å². The third-order valence-corrected chi connectivity index (χ3v) is 8.99. The van der Waals surface area contributed by atoms with Gasteiger partial charge in [0.15, 0.2) is 5.13 Å². The molecule has 1 heterocycles. The Hall–Kier alpha value is -4.21. The average Bonchev–Trinajstić information content (AvgIpc) is 3.36. The number of hydrogen-bond donors (Lipinski definition) is 3. The summed E-state index contributed by atoms with van der Waals surface area (Å²) >= 11 is 2.80. The molecule has 3 N–H and O–H groups in total. The van der Waals surface area contributed by atoms with E-state index in [9.17, 15) is 19.5 Å². The molecule has 0 saturated carbocycles. The van der Waals surface area contributed by atoms with Crippen molar-refractivity contribution in [3.8, 4) is 11.3 Å². The fourth-order valence-corrected chi connectivity index (χ4v) is 6.70. The molecule has 0 saturated heterocycles. The maximum atomic E-state index is 13.6. The van der Waals surface area contributed by atoms with E-state index in [1.54, 1.807) is 12.1 Å². The number of rotatable bonds is 9.